The van der Waals surface area contributed by atoms with Gasteiger partial charge < -0.3 is 14.8 Å². The first kappa shape index (κ1) is 22.6. The number of benzene rings is 1. The van der Waals surface area contributed by atoms with Gasteiger partial charge in [-0.25, -0.2) is 9.48 Å². The molecule has 0 radical (unpaired) electrons. The Bertz CT molecular complexity index is 1230. The topological polar surface area (TPSA) is 108 Å². The summed E-state index contributed by atoms with van der Waals surface area (Å²) in [4.78, 5) is 26.4. The van der Waals surface area contributed by atoms with Crippen molar-refractivity contribution in [3.63, 3.8) is 0 Å². The molecule has 1 N–H and O–H groups in total. The van der Waals surface area contributed by atoms with Crippen molar-refractivity contribution in [3.8, 4) is 16.2 Å². The molecule has 9 nitrogen and oxygen atoms in total. The highest BCUT2D eigenvalue weighted by Gasteiger charge is 2.23. The van der Waals surface area contributed by atoms with Gasteiger partial charge in [0.15, 0.2) is 5.82 Å². The van der Waals surface area contributed by atoms with Crippen molar-refractivity contribution >= 4 is 39.6 Å². The van der Waals surface area contributed by atoms with E-state index in [9.17, 15) is 9.59 Å². The monoisotopic (exact) mass is 483 g/mol. The summed E-state index contributed by atoms with van der Waals surface area (Å²) in [5, 5.41) is 18.5. The zero-order valence-corrected chi connectivity index (χ0v) is 19.6. The molecule has 0 atom stereocenters. The molecule has 0 unspecified atom stereocenters. The van der Waals surface area contributed by atoms with Gasteiger partial charge in [0.1, 0.15) is 22.9 Å². The Morgan fingerprint density at radius 3 is 2.64 bits per heavy atom. The first-order valence-electron chi connectivity index (χ1n) is 10.2. The van der Waals surface area contributed by atoms with Gasteiger partial charge in [0, 0.05) is 27.9 Å². The molecule has 4 aromatic rings. The molecule has 3 heterocycles. The molecule has 1 aromatic carbocycles. The van der Waals surface area contributed by atoms with Gasteiger partial charge in [0.2, 0.25) is 0 Å². The van der Waals surface area contributed by atoms with Crippen molar-refractivity contribution in [2.75, 3.05) is 11.9 Å². The zero-order chi connectivity index (χ0) is 23.2. The van der Waals surface area contributed by atoms with E-state index in [2.05, 4.69) is 20.8 Å². The molecule has 170 valence electrons. The van der Waals surface area contributed by atoms with Crippen LogP contribution in [0.3, 0.4) is 0 Å². The number of carbonyl (C=O) groups is 2. The Hall–Kier alpha value is -3.57. The predicted octanol–water partition coefficient (Wildman–Crippen LogP) is 4.49. The number of carbonyl (C=O) groups excluding carboxylic acids is 2. The van der Waals surface area contributed by atoms with E-state index in [1.165, 1.54) is 22.7 Å². The maximum atomic E-state index is 12.9. The van der Waals surface area contributed by atoms with E-state index in [4.69, 9.17) is 9.47 Å². The number of aryl methyl sites for hydroxylation is 1. The smallest absolute Gasteiger partial charge is 0.341 e. The predicted molar refractivity (Wildman–Crippen MR) is 126 cm³/mol. The largest absolute Gasteiger partial charge is 0.486 e. The number of anilines is 1. The minimum absolute atomic E-state index is 0.218. The Morgan fingerprint density at radius 2 is 1.94 bits per heavy atom. The van der Waals surface area contributed by atoms with Crippen molar-refractivity contribution in [2.24, 2.45) is 0 Å². The highest BCUT2D eigenvalue weighted by molar-refractivity contribution is 7.17. The summed E-state index contributed by atoms with van der Waals surface area (Å²) < 4.78 is 12.6. The molecule has 0 saturated carbocycles. The summed E-state index contributed by atoms with van der Waals surface area (Å²) in [5.74, 6) is 0.405. The van der Waals surface area contributed by atoms with Crippen LogP contribution >= 0.6 is 22.7 Å². The van der Waals surface area contributed by atoms with Crippen LogP contribution in [0.25, 0.3) is 10.4 Å². The van der Waals surface area contributed by atoms with Crippen LogP contribution in [0, 0.1) is 0 Å². The Balaban J connectivity index is 1.47. The van der Waals surface area contributed by atoms with Gasteiger partial charge in [-0.05, 0) is 60.0 Å². The van der Waals surface area contributed by atoms with Crippen LogP contribution in [0.15, 0.2) is 47.2 Å². The minimum Gasteiger partial charge on any atom is -0.486 e. The lowest BCUT2D eigenvalue weighted by Gasteiger charge is -2.09. The Morgan fingerprint density at radius 1 is 1.12 bits per heavy atom. The molecule has 33 heavy (non-hydrogen) atoms. The van der Waals surface area contributed by atoms with E-state index in [1.54, 1.807) is 35.9 Å². The molecule has 0 saturated heterocycles. The number of hydrogen-bond donors (Lipinski definition) is 1. The molecule has 0 spiro atoms. The molecule has 3 aromatic heterocycles. The standard InChI is InChI=1S/C22H21N5O4S2/c1-3-27-18(24-25-26-27)12-31-15-9-7-14(8-10-15)20(28)23-21-19(22(29)30-4-2)16(13-33-21)17-6-5-11-32-17/h5-11,13H,3-4,12H2,1-2H3,(H,23,28). The number of thiophene rings is 2. The SMILES string of the molecule is CCOC(=O)c1c(-c2cccs2)csc1NC(=O)c1ccc(OCc2nnnn2CC)cc1. The van der Waals surface area contributed by atoms with Gasteiger partial charge in [-0.1, -0.05) is 6.07 Å². The fraction of sp³-hybridized carbons (Fsp3) is 0.227. The molecule has 0 aliphatic rings. The lowest BCUT2D eigenvalue weighted by atomic mass is 10.1. The first-order valence-corrected chi connectivity index (χ1v) is 12.0. The fourth-order valence-electron chi connectivity index (χ4n) is 3.07. The number of amides is 1. The van der Waals surface area contributed by atoms with Crippen LogP contribution in [0.4, 0.5) is 5.00 Å². The van der Waals surface area contributed by atoms with Crippen LogP contribution in [0.5, 0.6) is 5.75 Å². The number of nitrogens with zero attached hydrogens (tertiary/aromatic N) is 4. The average Bonchev–Trinajstić information content (AvgIpc) is 3.58. The van der Waals surface area contributed by atoms with Crippen molar-refractivity contribution in [2.45, 2.75) is 27.0 Å². The number of hydrogen-bond acceptors (Lipinski definition) is 9. The van der Waals surface area contributed by atoms with Crippen LogP contribution in [0.1, 0.15) is 40.4 Å². The summed E-state index contributed by atoms with van der Waals surface area (Å²) >= 11 is 2.81. The first-order chi connectivity index (χ1) is 16.1. The van der Waals surface area contributed by atoms with Gasteiger partial charge in [-0.2, -0.15) is 0 Å². The quantitative estimate of drug-likeness (QED) is 0.349. The van der Waals surface area contributed by atoms with Gasteiger partial charge in [-0.3, -0.25) is 4.79 Å². The van der Waals surface area contributed by atoms with Crippen LogP contribution in [-0.4, -0.2) is 38.7 Å². The van der Waals surface area contributed by atoms with Crippen LogP contribution in [0.2, 0.25) is 0 Å². The van der Waals surface area contributed by atoms with E-state index in [1.807, 2.05) is 29.8 Å². The third kappa shape index (κ3) is 5.10. The average molecular weight is 484 g/mol. The lowest BCUT2D eigenvalue weighted by molar-refractivity contribution is 0.0529. The summed E-state index contributed by atoms with van der Waals surface area (Å²) in [5.41, 5.74) is 1.55. The van der Waals surface area contributed by atoms with Crippen molar-refractivity contribution in [1.82, 2.24) is 20.2 Å². The summed E-state index contributed by atoms with van der Waals surface area (Å²) in [6.07, 6.45) is 0. The second kappa shape index (κ2) is 10.4. The summed E-state index contributed by atoms with van der Waals surface area (Å²) in [6, 6.07) is 10.6. The number of nitrogens with one attached hydrogen (secondary N) is 1. The van der Waals surface area contributed by atoms with Gasteiger partial charge in [0.05, 0.1) is 6.61 Å². The summed E-state index contributed by atoms with van der Waals surface area (Å²) in [7, 11) is 0. The van der Waals surface area contributed by atoms with E-state index >= 15 is 0 Å². The van der Waals surface area contributed by atoms with Crippen molar-refractivity contribution in [3.05, 3.63) is 64.1 Å². The van der Waals surface area contributed by atoms with E-state index < -0.39 is 5.97 Å². The van der Waals surface area contributed by atoms with Gasteiger partial charge in [-0.15, -0.1) is 27.8 Å². The van der Waals surface area contributed by atoms with E-state index in [0.29, 0.717) is 34.2 Å². The maximum absolute atomic E-state index is 12.9. The molecule has 0 aliphatic carbocycles. The van der Waals surface area contributed by atoms with Gasteiger partial charge >= 0.3 is 5.97 Å². The van der Waals surface area contributed by atoms with E-state index in [-0.39, 0.29) is 19.1 Å². The molecule has 0 aliphatic heterocycles. The number of ether oxygens (including phenoxy) is 2. The maximum Gasteiger partial charge on any atom is 0.341 e. The molecule has 0 bridgehead atoms. The Kier molecular flexibility index (Phi) is 7.10. The van der Waals surface area contributed by atoms with Gasteiger partial charge in [0.25, 0.3) is 5.91 Å². The molecular formula is C22H21N5O4S2. The highest BCUT2D eigenvalue weighted by atomic mass is 32.1. The second-order valence-electron chi connectivity index (χ2n) is 6.73. The molecule has 4 rings (SSSR count). The third-order valence-corrected chi connectivity index (χ3v) is 6.47. The fourth-order valence-corrected chi connectivity index (χ4v) is 4.83. The molecule has 11 heteroatoms. The minimum atomic E-state index is -0.462. The third-order valence-electron chi connectivity index (χ3n) is 4.67. The van der Waals surface area contributed by atoms with Crippen LogP contribution in [-0.2, 0) is 17.9 Å². The van der Waals surface area contributed by atoms with Crippen molar-refractivity contribution < 1.29 is 19.1 Å². The van der Waals surface area contributed by atoms with Crippen molar-refractivity contribution in [1.29, 1.82) is 0 Å². The summed E-state index contributed by atoms with van der Waals surface area (Å²) in [6.45, 7) is 4.81. The van der Waals surface area contributed by atoms with E-state index in [0.717, 1.165) is 10.4 Å². The second-order valence-corrected chi connectivity index (χ2v) is 8.56. The number of esters is 1. The zero-order valence-electron chi connectivity index (χ0n) is 18.0. The molecular weight excluding hydrogens is 462 g/mol. The number of rotatable bonds is 9. The molecule has 1 amide bonds. The molecule has 0 fully saturated rings. The van der Waals surface area contributed by atoms with Crippen LogP contribution < -0.4 is 10.1 Å². The normalized spacial score (nSPS) is 10.7. The highest BCUT2D eigenvalue weighted by Crippen LogP contribution is 2.38. The number of aromatic nitrogens is 4. The number of tetrazole rings is 1. The lowest BCUT2D eigenvalue weighted by Crippen LogP contribution is -2.14. The Labute approximate surface area is 198 Å².